The van der Waals surface area contributed by atoms with Crippen LogP contribution in [-0.2, 0) is 0 Å². The van der Waals surface area contributed by atoms with Gasteiger partial charge in [-0.25, -0.2) is 19.9 Å². The van der Waals surface area contributed by atoms with Crippen molar-refractivity contribution in [1.82, 2.24) is 19.9 Å². The van der Waals surface area contributed by atoms with Gasteiger partial charge in [0.2, 0.25) is 11.9 Å². The summed E-state index contributed by atoms with van der Waals surface area (Å²) in [4.78, 5) is 22.5. The highest BCUT2D eigenvalue weighted by Gasteiger charge is 2.21. The number of nitrogens with zero attached hydrogens (tertiary/aromatic N) is 6. The smallest absolute Gasteiger partial charge is 0.225 e. The van der Waals surface area contributed by atoms with Crippen LogP contribution in [0.15, 0.2) is 109 Å². The lowest BCUT2D eigenvalue weighted by atomic mass is 10.1. The monoisotopic (exact) mass is 610 g/mol. The van der Waals surface area contributed by atoms with Gasteiger partial charge in [0.25, 0.3) is 0 Å². The third-order valence-electron chi connectivity index (χ3n) is 8.80. The van der Waals surface area contributed by atoms with Crippen molar-refractivity contribution in [3.63, 3.8) is 0 Å². The fourth-order valence-electron chi connectivity index (χ4n) is 6.22. The van der Waals surface area contributed by atoms with Crippen molar-refractivity contribution >= 4 is 33.4 Å². The van der Waals surface area contributed by atoms with E-state index in [1.165, 1.54) is 21.5 Å². The SMILES string of the molecule is OC1CCCN(c2nccc(-c3ccc4ccccc4c3)n2)C1.OC1CCN(c2nccc(-c3ccc4ccccc4c3)n2)CC1. The first kappa shape index (κ1) is 29.8. The normalized spacial score (nSPS) is 17.1. The van der Waals surface area contributed by atoms with Crippen LogP contribution in [0, 0.1) is 0 Å². The zero-order valence-corrected chi connectivity index (χ0v) is 25.8. The van der Waals surface area contributed by atoms with E-state index < -0.39 is 0 Å². The number of piperidine rings is 2. The van der Waals surface area contributed by atoms with Gasteiger partial charge < -0.3 is 20.0 Å². The number of anilines is 2. The second kappa shape index (κ2) is 13.6. The van der Waals surface area contributed by atoms with Crippen molar-refractivity contribution in [3.8, 4) is 22.5 Å². The van der Waals surface area contributed by atoms with Crippen LogP contribution in [0.1, 0.15) is 25.7 Å². The first-order valence-corrected chi connectivity index (χ1v) is 16.1. The molecule has 2 aliphatic rings. The van der Waals surface area contributed by atoms with Crippen LogP contribution < -0.4 is 9.80 Å². The lowest BCUT2D eigenvalue weighted by molar-refractivity contribution is 0.145. The number of hydrogen-bond donors (Lipinski definition) is 2. The van der Waals surface area contributed by atoms with Gasteiger partial charge in [0.1, 0.15) is 0 Å². The van der Waals surface area contributed by atoms with Gasteiger partial charge in [0, 0.05) is 49.7 Å². The summed E-state index contributed by atoms with van der Waals surface area (Å²) in [6, 6.07) is 33.3. The molecule has 0 aliphatic carbocycles. The molecule has 0 saturated carbocycles. The maximum absolute atomic E-state index is 9.85. The highest BCUT2D eigenvalue weighted by molar-refractivity contribution is 5.87. The van der Waals surface area contributed by atoms with Crippen LogP contribution in [0.4, 0.5) is 11.9 Å². The van der Waals surface area contributed by atoms with E-state index >= 15 is 0 Å². The summed E-state index contributed by atoms with van der Waals surface area (Å²) in [6.45, 7) is 3.13. The van der Waals surface area contributed by atoms with E-state index in [9.17, 15) is 10.2 Å². The Hall–Kier alpha value is -4.92. The molecule has 8 rings (SSSR count). The van der Waals surface area contributed by atoms with E-state index in [2.05, 4.69) is 92.6 Å². The molecular weight excluding hydrogens is 572 g/mol. The van der Waals surface area contributed by atoms with Gasteiger partial charge in [-0.1, -0.05) is 72.8 Å². The summed E-state index contributed by atoms with van der Waals surface area (Å²) in [5.74, 6) is 1.46. The number of β-amino-alcohol motifs (C(OH)–C–C–N with tert-alkyl or cyclic N) is 1. The van der Waals surface area contributed by atoms with Crippen LogP contribution >= 0.6 is 0 Å². The molecule has 4 aromatic carbocycles. The number of fused-ring (bicyclic) bond motifs is 2. The van der Waals surface area contributed by atoms with E-state index in [4.69, 9.17) is 9.97 Å². The van der Waals surface area contributed by atoms with Gasteiger partial charge in [-0.2, -0.15) is 0 Å². The van der Waals surface area contributed by atoms with Crippen molar-refractivity contribution in [2.45, 2.75) is 37.9 Å². The Morgan fingerprint density at radius 3 is 1.59 bits per heavy atom. The Kier molecular flexibility index (Phi) is 8.80. The first-order valence-electron chi connectivity index (χ1n) is 16.1. The fraction of sp³-hybridized carbons (Fsp3) is 0.263. The second-order valence-corrected chi connectivity index (χ2v) is 12.1. The van der Waals surface area contributed by atoms with Crippen molar-refractivity contribution in [2.24, 2.45) is 0 Å². The molecule has 0 radical (unpaired) electrons. The summed E-state index contributed by atoms with van der Waals surface area (Å²) in [5, 5.41) is 24.4. The number of aliphatic hydroxyl groups excluding tert-OH is 2. The van der Waals surface area contributed by atoms with E-state index in [1.54, 1.807) is 6.20 Å². The van der Waals surface area contributed by atoms with Crippen LogP contribution in [-0.4, -0.2) is 68.5 Å². The lowest BCUT2D eigenvalue weighted by Gasteiger charge is -2.30. The molecule has 46 heavy (non-hydrogen) atoms. The number of benzene rings is 4. The van der Waals surface area contributed by atoms with Crippen LogP contribution in [0.3, 0.4) is 0 Å². The molecule has 2 N–H and O–H groups in total. The van der Waals surface area contributed by atoms with E-state index in [-0.39, 0.29) is 12.2 Å². The fourth-order valence-corrected chi connectivity index (χ4v) is 6.22. The molecule has 0 bridgehead atoms. The highest BCUT2D eigenvalue weighted by Crippen LogP contribution is 2.26. The second-order valence-electron chi connectivity index (χ2n) is 12.1. The van der Waals surface area contributed by atoms with Gasteiger partial charge in [-0.15, -0.1) is 0 Å². The zero-order chi connectivity index (χ0) is 31.3. The third-order valence-corrected chi connectivity index (χ3v) is 8.80. The summed E-state index contributed by atoms with van der Waals surface area (Å²) in [5.41, 5.74) is 4.04. The van der Waals surface area contributed by atoms with Crippen LogP contribution in [0.25, 0.3) is 44.1 Å². The maximum atomic E-state index is 9.85. The maximum Gasteiger partial charge on any atom is 0.225 e. The molecule has 232 valence electrons. The number of rotatable bonds is 4. The molecule has 4 heterocycles. The zero-order valence-electron chi connectivity index (χ0n) is 25.8. The number of aliphatic hydroxyl groups is 2. The number of aromatic nitrogens is 4. The summed E-state index contributed by atoms with van der Waals surface area (Å²) < 4.78 is 0. The summed E-state index contributed by atoms with van der Waals surface area (Å²) in [7, 11) is 0. The average Bonchev–Trinajstić information content (AvgIpc) is 3.12. The predicted octanol–water partition coefficient (Wildman–Crippen LogP) is 6.52. The quantitative estimate of drug-likeness (QED) is 0.233. The minimum absolute atomic E-state index is 0.185. The molecule has 2 saturated heterocycles. The van der Waals surface area contributed by atoms with Crippen molar-refractivity contribution in [3.05, 3.63) is 109 Å². The molecule has 2 aromatic heterocycles. The molecule has 1 unspecified atom stereocenters. The standard InChI is InChI=1S/2C19H19N3O/c23-17-6-3-11-22(13-17)19-20-10-9-18(21-19)16-8-7-14-4-1-2-5-15(14)12-16;23-17-8-11-22(12-9-17)19-20-10-7-18(21-19)16-6-5-14-3-1-2-4-15(14)13-16/h1-2,4-5,7-10,12,17,23H,3,6,11,13H2;1-7,10,13,17,23H,8-9,11-12H2. The highest BCUT2D eigenvalue weighted by atomic mass is 16.3. The summed E-state index contributed by atoms with van der Waals surface area (Å²) >= 11 is 0. The Morgan fingerprint density at radius 1 is 0.522 bits per heavy atom. The topological polar surface area (TPSA) is 98.5 Å². The van der Waals surface area contributed by atoms with Gasteiger partial charge in [0.15, 0.2) is 0 Å². The first-order chi connectivity index (χ1) is 22.6. The van der Waals surface area contributed by atoms with E-state index in [0.29, 0.717) is 12.5 Å². The summed E-state index contributed by atoms with van der Waals surface area (Å²) in [6.07, 6.45) is 6.55. The Morgan fingerprint density at radius 2 is 1.04 bits per heavy atom. The molecule has 2 aliphatic heterocycles. The molecular formula is C38H38N6O2. The van der Waals surface area contributed by atoms with Crippen molar-refractivity contribution < 1.29 is 10.2 Å². The van der Waals surface area contributed by atoms with Gasteiger partial charge in [-0.05, 0) is 71.5 Å². The minimum atomic E-state index is -0.281. The molecule has 8 heteroatoms. The molecule has 0 spiro atoms. The molecule has 2 fully saturated rings. The molecule has 6 aromatic rings. The van der Waals surface area contributed by atoms with Gasteiger partial charge in [-0.3, -0.25) is 0 Å². The largest absolute Gasteiger partial charge is 0.393 e. The predicted molar refractivity (Wildman–Crippen MR) is 185 cm³/mol. The van der Waals surface area contributed by atoms with Gasteiger partial charge >= 0.3 is 0 Å². The van der Waals surface area contributed by atoms with Gasteiger partial charge in [0.05, 0.1) is 23.6 Å². The van der Waals surface area contributed by atoms with Crippen molar-refractivity contribution in [1.29, 1.82) is 0 Å². The average molecular weight is 611 g/mol. The molecule has 0 amide bonds. The lowest BCUT2D eigenvalue weighted by Crippen LogP contribution is -2.39. The van der Waals surface area contributed by atoms with Crippen LogP contribution in [0.2, 0.25) is 0 Å². The Bertz CT molecular complexity index is 1940. The van der Waals surface area contributed by atoms with E-state index in [0.717, 1.165) is 73.8 Å². The number of hydrogen-bond acceptors (Lipinski definition) is 8. The van der Waals surface area contributed by atoms with Crippen molar-refractivity contribution in [2.75, 3.05) is 36.0 Å². The Labute approximate surface area is 269 Å². The third kappa shape index (κ3) is 6.83. The molecule has 8 nitrogen and oxygen atoms in total. The van der Waals surface area contributed by atoms with Crippen LogP contribution in [0.5, 0.6) is 0 Å². The van der Waals surface area contributed by atoms with E-state index in [1.807, 2.05) is 30.5 Å². The minimum Gasteiger partial charge on any atom is -0.393 e. The Balaban J connectivity index is 0.000000147. The molecule has 1 atom stereocenters.